The SMILES string of the molecule is Cc1cc(CC(=O)N/C(C=NC(C)(C)C)=C/N)c(F)cc1Oc1ccnc2ccc(C(=O)N3CCC(O)C3)cc12. The quantitative estimate of drug-likeness (QED) is 0.383. The summed E-state index contributed by atoms with van der Waals surface area (Å²) in [7, 11) is 0. The van der Waals surface area contributed by atoms with Crippen molar-refractivity contribution in [1.29, 1.82) is 0 Å². The number of aliphatic imine (C=N–C) groups is 1. The van der Waals surface area contributed by atoms with E-state index in [2.05, 4.69) is 15.3 Å². The van der Waals surface area contributed by atoms with Gasteiger partial charge in [-0.3, -0.25) is 19.6 Å². The number of fused-ring (bicyclic) bond motifs is 1. The highest BCUT2D eigenvalue weighted by Crippen LogP contribution is 2.33. The van der Waals surface area contributed by atoms with Crippen LogP contribution in [0, 0.1) is 12.7 Å². The molecule has 10 heteroatoms. The Morgan fingerprint density at radius 3 is 2.70 bits per heavy atom. The number of allylic oxidation sites excluding steroid dienone is 1. The van der Waals surface area contributed by atoms with Crippen LogP contribution in [-0.4, -0.2) is 57.8 Å². The monoisotopic (exact) mass is 547 g/mol. The van der Waals surface area contributed by atoms with E-state index in [4.69, 9.17) is 10.5 Å². The third kappa shape index (κ3) is 7.01. The lowest BCUT2D eigenvalue weighted by molar-refractivity contribution is -0.119. The van der Waals surface area contributed by atoms with E-state index in [-0.39, 0.29) is 29.2 Å². The zero-order chi connectivity index (χ0) is 29.0. The number of ether oxygens (including phenoxy) is 1. The molecule has 1 aliphatic heterocycles. The molecule has 40 heavy (non-hydrogen) atoms. The number of halogens is 1. The van der Waals surface area contributed by atoms with E-state index in [1.165, 1.54) is 18.5 Å². The molecule has 1 fully saturated rings. The van der Waals surface area contributed by atoms with Gasteiger partial charge in [-0.05, 0) is 75.6 Å². The number of hydrogen-bond donors (Lipinski definition) is 3. The minimum Gasteiger partial charge on any atom is -0.456 e. The van der Waals surface area contributed by atoms with Gasteiger partial charge in [0.05, 0.1) is 29.3 Å². The maximum Gasteiger partial charge on any atom is 0.253 e. The van der Waals surface area contributed by atoms with Crippen LogP contribution in [0.2, 0.25) is 0 Å². The van der Waals surface area contributed by atoms with E-state index >= 15 is 4.39 Å². The third-order valence-corrected chi connectivity index (χ3v) is 6.37. The first-order valence-corrected chi connectivity index (χ1v) is 13.0. The molecule has 2 amide bonds. The molecule has 2 heterocycles. The van der Waals surface area contributed by atoms with Gasteiger partial charge in [-0.25, -0.2) is 4.39 Å². The van der Waals surface area contributed by atoms with Crippen molar-refractivity contribution in [2.24, 2.45) is 10.7 Å². The van der Waals surface area contributed by atoms with Crippen LogP contribution >= 0.6 is 0 Å². The maximum atomic E-state index is 15.1. The van der Waals surface area contributed by atoms with Gasteiger partial charge in [0.15, 0.2) is 0 Å². The Balaban J connectivity index is 1.52. The standard InChI is InChI=1S/C30H34FN5O4/c1-18-11-20(13-28(38)35-21(15-32)16-34-30(2,3)4)24(31)14-27(18)40-26-7-9-33-25-6-5-19(12-23(25)26)29(39)36-10-8-22(37)17-36/h5-7,9,11-12,14-16,22,37H,8,10,13,17,32H2,1-4H3,(H,35,38)/b21-15+,34-16?. The van der Waals surface area contributed by atoms with Crippen molar-refractivity contribution in [3.8, 4) is 11.5 Å². The van der Waals surface area contributed by atoms with Gasteiger partial charge in [0.2, 0.25) is 5.91 Å². The third-order valence-electron chi connectivity index (χ3n) is 6.37. The second-order valence-corrected chi connectivity index (χ2v) is 10.8. The van der Waals surface area contributed by atoms with Crippen molar-refractivity contribution in [1.82, 2.24) is 15.2 Å². The topological polar surface area (TPSA) is 130 Å². The van der Waals surface area contributed by atoms with Crippen LogP contribution in [0.4, 0.5) is 4.39 Å². The first kappa shape index (κ1) is 28.7. The molecule has 3 aromatic rings. The summed E-state index contributed by atoms with van der Waals surface area (Å²) in [5.74, 6) is -0.542. The van der Waals surface area contributed by atoms with Crippen molar-refractivity contribution < 1.29 is 23.8 Å². The number of β-amino-alcohol motifs (C(OH)–C–C–N with tert-alkyl or cyclic N) is 1. The summed E-state index contributed by atoms with van der Waals surface area (Å²) >= 11 is 0. The lowest BCUT2D eigenvalue weighted by atomic mass is 10.1. The minimum atomic E-state index is -0.598. The summed E-state index contributed by atoms with van der Waals surface area (Å²) < 4.78 is 21.2. The molecule has 1 aliphatic rings. The number of amides is 2. The lowest BCUT2D eigenvalue weighted by Crippen LogP contribution is -2.29. The number of hydrogen-bond acceptors (Lipinski definition) is 7. The largest absolute Gasteiger partial charge is 0.456 e. The number of aromatic nitrogens is 1. The van der Waals surface area contributed by atoms with E-state index in [1.54, 1.807) is 48.4 Å². The number of nitrogens with zero attached hydrogens (tertiary/aromatic N) is 3. The molecule has 1 aromatic heterocycles. The highest BCUT2D eigenvalue weighted by atomic mass is 19.1. The molecule has 4 N–H and O–H groups in total. The average molecular weight is 548 g/mol. The van der Waals surface area contributed by atoms with Gasteiger partial charge in [-0.2, -0.15) is 0 Å². The van der Waals surface area contributed by atoms with Crippen LogP contribution < -0.4 is 15.8 Å². The molecular formula is C30H34FN5O4. The molecule has 1 atom stereocenters. The average Bonchev–Trinajstić information content (AvgIpc) is 3.34. The Hall–Kier alpha value is -4.31. The fraction of sp³-hybridized carbons (Fsp3) is 0.333. The summed E-state index contributed by atoms with van der Waals surface area (Å²) in [4.78, 5) is 35.8. The smallest absolute Gasteiger partial charge is 0.253 e. The van der Waals surface area contributed by atoms with Crippen molar-refractivity contribution in [2.45, 2.75) is 52.2 Å². The number of carbonyl (C=O) groups is 2. The molecule has 0 radical (unpaired) electrons. The minimum absolute atomic E-state index is 0.185. The molecule has 0 bridgehead atoms. The number of aliphatic hydroxyl groups excluding tert-OH is 1. The molecule has 0 saturated carbocycles. The van der Waals surface area contributed by atoms with Crippen LogP contribution in [0.1, 0.15) is 48.7 Å². The van der Waals surface area contributed by atoms with Crippen LogP contribution in [0.25, 0.3) is 10.9 Å². The molecule has 1 saturated heterocycles. The van der Waals surface area contributed by atoms with Crippen molar-refractivity contribution in [3.63, 3.8) is 0 Å². The second-order valence-electron chi connectivity index (χ2n) is 10.8. The van der Waals surface area contributed by atoms with Gasteiger partial charge in [0.25, 0.3) is 5.91 Å². The Bertz CT molecular complexity index is 1500. The van der Waals surface area contributed by atoms with Gasteiger partial charge < -0.3 is 25.8 Å². The summed E-state index contributed by atoms with van der Waals surface area (Å²) in [6, 6.07) is 9.57. The number of benzene rings is 2. The number of nitrogens with two attached hydrogens (primary N) is 1. The van der Waals surface area contributed by atoms with Gasteiger partial charge >= 0.3 is 0 Å². The fourth-order valence-electron chi connectivity index (χ4n) is 4.30. The molecule has 0 spiro atoms. The number of aryl methyl sites for hydroxylation is 1. The summed E-state index contributed by atoms with van der Waals surface area (Å²) in [5.41, 5.74) is 7.46. The first-order chi connectivity index (χ1) is 18.9. The van der Waals surface area contributed by atoms with E-state index < -0.39 is 17.8 Å². The highest BCUT2D eigenvalue weighted by molar-refractivity contribution is 5.99. The number of nitrogens with one attached hydrogen (secondary N) is 1. The van der Waals surface area contributed by atoms with Crippen LogP contribution in [-0.2, 0) is 11.2 Å². The van der Waals surface area contributed by atoms with Crippen LogP contribution in [0.15, 0.2) is 59.5 Å². The van der Waals surface area contributed by atoms with Gasteiger partial charge in [0, 0.05) is 48.7 Å². The molecular weight excluding hydrogens is 513 g/mol. The van der Waals surface area contributed by atoms with E-state index in [0.717, 1.165) is 0 Å². The Morgan fingerprint density at radius 1 is 1.25 bits per heavy atom. The molecule has 2 aromatic carbocycles. The van der Waals surface area contributed by atoms with Gasteiger partial charge in [-0.15, -0.1) is 0 Å². The Labute approximate surface area is 232 Å². The zero-order valence-electron chi connectivity index (χ0n) is 23.1. The van der Waals surface area contributed by atoms with Gasteiger partial charge in [-0.1, -0.05) is 0 Å². The number of pyridine rings is 1. The van der Waals surface area contributed by atoms with Gasteiger partial charge in [0.1, 0.15) is 17.3 Å². The van der Waals surface area contributed by atoms with Crippen molar-refractivity contribution >= 4 is 28.9 Å². The summed E-state index contributed by atoms with van der Waals surface area (Å²) in [6.45, 7) is 8.28. The molecule has 0 aliphatic carbocycles. The predicted molar refractivity (Wildman–Crippen MR) is 152 cm³/mol. The Kier molecular flexibility index (Phi) is 8.49. The Morgan fingerprint density at radius 2 is 2.02 bits per heavy atom. The zero-order valence-corrected chi connectivity index (χ0v) is 23.1. The first-order valence-electron chi connectivity index (χ1n) is 13.0. The maximum absolute atomic E-state index is 15.1. The van der Waals surface area contributed by atoms with E-state index in [0.29, 0.717) is 53.0 Å². The summed E-state index contributed by atoms with van der Waals surface area (Å²) in [6.07, 6.45) is 4.11. The highest BCUT2D eigenvalue weighted by Gasteiger charge is 2.26. The lowest BCUT2D eigenvalue weighted by Gasteiger charge is -2.17. The number of carbonyl (C=O) groups excluding carboxylic acids is 2. The number of likely N-dealkylation sites (tertiary alicyclic amines) is 1. The van der Waals surface area contributed by atoms with Crippen molar-refractivity contribution in [2.75, 3.05) is 13.1 Å². The number of rotatable bonds is 7. The van der Waals surface area contributed by atoms with E-state index in [9.17, 15) is 14.7 Å². The molecule has 9 nitrogen and oxygen atoms in total. The van der Waals surface area contributed by atoms with E-state index in [1.807, 2.05) is 20.8 Å². The summed E-state index contributed by atoms with van der Waals surface area (Å²) in [5, 5.41) is 13.0. The van der Waals surface area contributed by atoms with Crippen molar-refractivity contribution in [3.05, 3.63) is 77.0 Å². The second kappa shape index (κ2) is 11.8. The van der Waals surface area contributed by atoms with Crippen LogP contribution in [0.3, 0.4) is 0 Å². The predicted octanol–water partition coefficient (Wildman–Crippen LogP) is 4.01. The van der Waals surface area contributed by atoms with Crippen LogP contribution in [0.5, 0.6) is 11.5 Å². The fourth-order valence-corrected chi connectivity index (χ4v) is 4.30. The molecule has 1 unspecified atom stereocenters. The molecule has 4 rings (SSSR count). The molecule has 210 valence electrons. The number of aliphatic hydroxyl groups is 1. The normalized spacial score (nSPS) is 16.1.